The van der Waals surface area contributed by atoms with Crippen LogP contribution in [0.3, 0.4) is 0 Å². The maximum atomic E-state index is 13.2. The van der Waals surface area contributed by atoms with Crippen molar-refractivity contribution in [3.63, 3.8) is 0 Å². The molecule has 210 valence electrons. The standard InChI is InChI=1S/C31H29N3O7/c35-30(27-10-6-14-33(27)31(36)39-19-20-7-2-1-3-8-20)32-21-15-22(34(37)38)17-24(16-21)40-23-12-13-29-26(18-23)25-9-4-5-11-28(25)41-29/h1-3,7-8,12-13,15-18,27H,4-6,9-11,14,19H2,(H,32,35)/t27-/m0/s1. The number of hydrogen-bond acceptors (Lipinski definition) is 7. The van der Waals surface area contributed by atoms with Gasteiger partial charge in [0.2, 0.25) is 5.91 Å². The van der Waals surface area contributed by atoms with Crippen molar-refractivity contribution in [1.82, 2.24) is 4.90 Å². The zero-order valence-electron chi connectivity index (χ0n) is 22.3. The average Bonchev–Trinajstić information content (AvgIpc) is 3.62. The van der Waals surface area contributed by atoms with Crippen molar-refractivity contribution in [1.29, 1.82) is 0 Å². The molecular formula is C31H29N3O7. The van der Waals surface area contributed by atoms with E-state index in [2.05, 4.69) is 5.32 Å². The molecule has 1 fully saturated rings. The zero-order chi connectivity index (χ0) is 28.3. The van der Waals surface area contributed by atoms with E-state index in [9.17, 15) is 19.7 Å². The normalized spacial score (nSPS) is 16.3. The summed E-state index contributed by atoms with van der Waals surface area (Å²) in [6.45, 7) is 0.485. The fourth-order valence-corrected chi connectivity index (χ4v) is 5.55. The molecule has 0 spiro atoms. The molecular weight excluding hydrogens is 526 g/mol. The molecule has 0 bridgehead atoms. The topological polar surface area (TPSA) is 124 Å². The summed E-state index contributed by atoms with van der Waals surface area (Å²) in [5, 5.41) is 15.4. The molecule has 1 aliphatic heterocycles. The minimum atomic E-state index is -0.753. The smallest absolute Gasteiger partial charge is 0.410 e. The van der Waals surface area contributed by atoms with Crippen LogP contribution in [0.25, 0.3) is 11.0 Å². The van der Waals surface area contributed by atoms with Crippen molar-refractivity contribution in [2.24, 2.45) is 0 Å². The number of furan rings is 1. The lowest BCUT2D eigenvalue weighted by atomic mass is 9.96. The van der Waals surface area contributed by atoms with Gasteiger partial charge in [-0.05, 0) is 55.9 Å². The van der Waals surface area contributed by atoms with Crippen LogP contribution in [0.15, 0.2) is 71.1 Å². The predicted molar refractivity (Wildman–Crippen MR) is 151 cm³/mol. The second-order valence-electron chi connectivity index (χ2n) is 10.3. The molecule has 2 aliphatic rings. The van der Waals surface area contributed by atoms with Crippen molar-refractivity contribution < 1.29 is 28.4 Å². The molecule has 1 saturated heterocycles. The highest BCUT2D eigenvalue weighted by Gasteiger charge is 2.35. The van der Waals surface area contributed by atoms with Gasteiger partial charge < -0.3 is 19.2 Å². The van der Waals surface area contributed by atoms with E-state index in [0.717, 1.165) is 48.0 Å². The van der Waals surface area contributed by atoms with Crippen molar-refractivity contribution in [2.75, 3.05) is 11.9 Å². The molecule has 10 heteroatoms. The fraction of sp³-hybridized carbons (Fsp3) is 0.290. The molecule has 3 aromatic carbocycles. The van der Waals surface area contributed by atoms with Crippen LogP contribution < -0.4 is 10.1 Å². The van der Waals surface area contributed by atoms with Gasteiger partial charge in [0.15, 0.2) is 0 Å². The van der Waals surface area contributed by atoms with Gasteiger partial charge in [-0.25, -0.2) is 4.79 Å². The van der Waals surface area contributed by atoms with E-state index < -0.39 is 23.0 Å². The van der Waals surface area contributed by atoms with Gasteiger partial charge in [0.05, 0.1) is 16.7 Å². The summed E-state index contributed by atoms with van der Waals surface area (Å²) >= 11 is 0. The highest BCUT2D eigenvalue weighted by molar-refractivity contribution is 5.97. The van der Waals surface area contributed by atoms with Crippen LogP contribution in [0.2, 0.25) is 0 Å². The zero-order valence-corrected chi connectivity index (χ0v) is 22.3. The fourth-order valence-electron chi connectivity index (χ4n) is 5.55. The molecule has 1 aliphatic carbocycles. The van der Waals surface area contributed by atoms with Crippen LogP contribution in [0, 0.1) is 10.1 Å². The van der Waals surface area contributed by atoms with Crippen LogP contribution >= 0.6 is 0 Å². The van der Waals surface area contributed by atoms with Gasteiger partial charge in [-0.1, -0.05) is 30.3 Å². The second-order valence-corrected chi connectivity index (χ2v) is 10.3. The Balaban J connectivity index is 1.18. The average molecular weight is 556 g/mol. The Bertz CT molecular complexity index is 1620. The van der Waals surface area contributed by atoms with Crippen LogP contribution in [-0.2, 0) is 29.0 Å². The van der Waals surface area contributed by atoms with E-state index >= 15 is 0 Å². The lowest BCUT2D eigenvalue weighted by molar-refractivity contribution is -0.384. The van der Waals surface area contributed by atoms with Gasteiger partial charge >= 0.3 is 6.09 Å². The lowest BCUT2D eigenvalue weighted by Crippen LogP contribution is -2.43. The third kappa shape index (κ3) is 5.72. The molecule has 1 aromatic heterocycles. The van der Waals surface area contributed by atoms with Gasteiger partial charge in [-0.3, -0.25) is 19.8 Å². The van der Waals surface area contributed by atoms with Gasteiger partial charge in [-0.2, -0.15) is 0 Å². The third-order valence-corrected chi connectivity index (χ3v) is 7.53. The largest absolute Gasteiger partial charge is 0.461 e. The molecule has 2 heterocycles. The van der Waals surface area contributed by atoms with Gasteiger partial charge in [0.25, 0.3) is 5.69 Å². The van der Waals surface area contributed by atoms with Gasteiger partial charge in [-0.15, -0.1) is 0 Å². The molecule has 6 rings (SSSR count). The van der Waals surface area contributed by atoms with E-state index in [-0.39, 0.29) is 23.7 Å². The predicted octanol–water partition coefficient (Wildman–Crippen LogP) is 6.75. The number of carbonyl (C=O) groups excluding carboxylic acids is 2. The lowest BCUT2D eigenvalue weighted by Gasteiger charge is -2.23. The number of nitro groups is 1. The number of aryl methyl sites for hydroxylation is 2. The Kier molecular flexibility index (Phi) is 7.28. The van der Waals surface area contributed by atoms with Crippen LogP contribution in [0.1, 0.15) is 42.6 Å². The Hall–Kier alpha value is -4.86. The van der Waals surface area contributed by atoms with Crippen molar-refractivity contribution in [3.05, 3.63) is 93.7 Å². The van der Waals surface area contributed by atoms with E-state index in [0.29, 0.717) is 25.1 Å². The first-order valence-corrected chi connectivity index (χ1v) is 13.7. The third-order valence-electron chi connectivity index (χ3n) is 7.53. The summed E-state index contributed by atoms with van der Waals surface area (Å²) in [6.07, 6.45) is 4.58. The molecule has 10 nitrogen and oxygen atoms in total. The number of likely N-dealkylation sites (tertiary alicyclic amines) is 1. The summed E-state index contributed by atoms with van der Waals surface area (Å²) < 4.78 is 17.5. The first-order chi connectivity index (χ1) is 19.9. The highest BCUT2D eigenvalue weighted by atomic mass is 16.6. The first kappa shape index (κ1) is 26.4. The molecule has 1 N–H and O–H groups in total. The number of nitro benzene ring substituents is 1. The monoisotopic (exact) mass is 555 g/mol. The maximum absolute atomic E-state index is 13.2. The van der Waals surface area contributed by atoms with E-state index in [1.807, 2.05) is 42.5 Å². The number of non-ortho nitro benzene ring substituents is 1. The Morgan fingerprint density at radius 2 is 1.83 bits per heavy atom. The number of hydrogen-bond donors (Lipinski definition) is 1. The summed E-state index contributed by atoms with van der Waals surface area (Å²) in [4.78, 5) is 38.5. The Morgan fingerprint density at radius 3 is 2.66 bits per heavy atom. The number of amides is 2. The highest BCUT2D eigenvalue weighted by Crippen LogP contribution is 2.36. The molecule has 1 atom stereocenters. The van der Waals surface area contributed by atoms with Gasteiger partial charge in [0.1, 0.15) is 35.5 Å². The summed E-state index contributed by atoms with van der Waals surface area (Å²) in [5.41, 5.74) is 2.79. The second kappa shape index (κ2) is 11.3. The van der Waals surface area contributed by atoms with Crippen molar-refractivity contribution in [3.8, 4) is 11.5 Å². The Morgan fingerprint density at radius 1 is 1.00 bits per heavy atom. The number of anilines is 1. The Labute approximate surface area is 236 Å². The molecule has 0 radical (unpaired) electrons. The quantitative estimate of drug-likeness (QED) is 0.197. The molecule has 0 unspecified atom stereocenters. The SMILES string of the molecule is O=C(Nc1cc(Oc2ccc3oc4c(c3c2)CCCC4)cc([N+](=O)[O-])c1)[C@@H]1CCCN1C(=O)OCc1ccccc1. The molecule has 41 heavy (non-hydrogen) atoms. The number of fused-ring (bicyclic) bond motifs is 3. The van der Waals surface area contributed by atoms with Crippen molar-refractivity contribution >= 4 is 34.3 Å². The molecule has 4 aromatic rings. The molecule has 0 saturated carbocycles. The number of nitrogens with zero attached hydrogens (tertiary/aromatic N) is 2. The van der Waals surface area contributed by atoms with Crippen molar-refractivity contribution in [2.45, 2.75) is 51.2 Å². The van der Waals surface area contributed by atoms with Crippen LogP contribution in [0.4, 0.5) is 16.2 Å². The van der Waals surface area contributed by atoms with E-state index in [1.54, 1.807) is 6.07 Å². The summed E-state index contributed by atoms with van der Waals surface area (Å²) in [6, 6.07) is 18.1. The number of rotatable bonds is 7. The summed E-state index contributed by atoms with van der Waals surface area (Å²) in [7, 11) is 0. The first-order valence-electron chi connectivity index (χ1n) is 13.7. The number of benzene rings is 3. The van der Waals surface area contributed by atoms with Gasteiger partial charge in [0, 0.05) is 36.0 Å². The minimum absolute atomic E-state index is 0.101. The maximum Gasteiger partial charge on any atom is 0.410 e. The minimum Gasteiger partial charge on any atom is -0.461 e. The van der Waals surface area contributed by atoms with E-state index in [4.69, 9.17) is 13.9 Å². The van der Waals surface area contributed by atoms with Crippen LogP contribution in [-0.4, -0.2) is 34.4 Å². The number of nitrogens with one attached hydrogen (secondary N) is 1. The molecule has 2 amide bonds. The van der Waals surface area contributed by atoms with Crippen LogP contribution in [0.5, 0.6) is 11.5 Å². The number of ether oxygens (including phenoxy) is 2. The number of carbonyl (C=O) groups is 2. The van der Waals surface area contributed by atoms with E-state index in [1.165, 1.54) is 28.7 Å². The summed E-state index contributed by atoms with van der Waals surface area (Å²) in [5.74, 6) is 1.27.